The van der Waals surface area contributed by atoms with E-state index in [4.69, 9.17) is 0 Å². The maximum atomic E-state index is 10.9. The predicted octanol–water partition coefficient (Wildman–Crippen LogP) is 1.52. The summed E-state index contributed by atoms with van der Waals surface area (Å²) in [5.74, 6) is 0.0606. The van der Waals surface area contributed by atoms with E-state index in [9.17, 15) is 4.79 Å². The van der Waals surface area contributed by atoms with Gasteiger partial charge in [-0.2, -0.15) is 0 Å². The van der Waals surface area contributed by atoms with Crippen LogP contribution in [0.3, 0.4) is 0 Å². The fourth-order valence-corrected chi connectivity index (χ4v) is 1.07. The molecule has 1 N–H and O–H groups in total. The van der Waals surface area contributed by atoms with Crippen molar-refractivity contribution in [1.29, 1.82) is 0 Å². The maximum absolute atomic E-state index is 10.9. The summed E-state index contributed by atoms with van der Waals surface area (Å²) in [6, 6.07) is 0. The number of amides is 1. The van der Waals surface area contributed by atoms with E-state index in [0.29, 0.717) is 6.42 Å². The quantitative estimate of drug-likeness (QED) is 0.633. The first-order chi connectivity index (χ1) is 5.27. The molecule has 1 aliphatic heterocycles. The minimum atomic E-state index is 0.0606. The Morgan fingerprint density at radius 3 is 2.55 bits per heavy atom. The lowest BCUT2D eigenvalue weighted by Crippen LogP contribution is -2.26. The molecule has 0 radical (unpaired) electrons. The summed E-state index contributed by atoms with van der Waals surface area (Å²) in [6.07, 6.45) is 4.74. The van der Waals surface area contributed by atoms with Gasteiger partial charge >= 0.3 is 0 Å². The number of nitrogens with one attached hydrogen (secondary N) is 1. The highest BCUT2D eigenvalue weighted by atomic mass is 16.1. The van der Waals surface area contributed by atoms with Gasteiger partial charge in [0.2, 0.25) is 5.91 Å². The van der Waals surface area contributed by atoms with Crippen LogP contribution in [0.1, 0.15) is 12.8 Å². The highest BCUT2D eigenvalue weighted by molar-refractivity contribution is 5.80. The minimum Gasteiger partial charge on any atom is -0.326 e. The van der Waals surface area contributed by atoms with E-state index >= 15 is 0 Å². The summed E-state index contributed by atoms with van der Waals surface area (Å²) >= 11 is 0. The molecule has 1 rings (SSSR count). The van der Waals surface area contributed by atoms with Crippen LogP contribution in [0.25, 0.3) is 0 Å². The third kappa shape index (κ3) is 1.58. The molecule has 0 fully saturated rings. The molecule has 11 heavy (non-hydrogen) atoms. The molecule has 0 aromatic carbocycles. The van der Waals surface area contributed by atoms with Crippen LogP contribution in [0.15, 0.2) is 36.6 Å². The molecule has 58 valence electrons. The fraction of sp³-hybridized carbons (Fsp3) is 0.222. The summed E-state index contributed by atoms with van der Waals surface area (Å²) in [6.45, 7) is 7.25. The molecule has 0 bridgehead atoms. The van der Waals surface area contributed by atoms with E-state index in [1.165, 1.54) is 0 Å². The Morgan fingerprint density at radius 1 is 1.27 bits per heavy atom. The van der Waals surface area contributed by atoms with Gasteiger partial charge in [-0.05, 0) is 18.1 Å². The monoisotopic (exact) mass is 149 g/mol. The molecule has 0 unspecified atom stereocenters. The highest BCUT2D eigenvalue weighted by Crippen LogP contribution is 2.16. The number of carbonyl (C=O) groups excluding carboxylic acids is 1. The minimum absolute atomic E-state index is 0.0606. The van der Waals surface area contributed by atoms with Crippen LogP contribution < -0.4 is 5.32 Å². The first-order valence-corrected chi connectivity index (χ1v) is 3.56. The second-order valence-corrected chi connectivity index (χ2v) is 2.40. The van der Waals surface area contributed by atoms with E-state index in [1.807, 2.05) is 0 Å². The first-order valence-electron chi connectivity index (χ1n) is 3.56. The lowest BCUT2D eigenvalue weighted by atomic mass is 10.0. The van der Waals surface area contributed by atoms with Crippen molar-refractivity contribution in [3.63, 3.8) is 0 Å². The first kappa shape index (κ1) is 7.79. The zero-order valence-electron chi connectivity index (χ0n) is 6.39. The van der Waals surface area contributed by atoms with Gasteiger partial charge in [0.25, 0.3) is 0 Å². The largest absolute Gasteiger partial charge is 0.326 e. The molecule has 1 amide bonds. The van der Waals surface area contributed by atoms with Crippen molar-refractivity contribution in [2.75, 3.05) is 0 Å². The van der Waals surface area contributed by atoms with Gasteiger partial charge in [0.15, 0.2) is 0 Å². The van der Waals surface area contributed by atoms with Crippen LogP contribution in [0.4, 0.5) is 0 Å². The van der Waals surface area contributed by atoms with E-state index in [1.54, 1.807) is 12.2 Å². The van der Waals surface area contributed by atoms with Crippen LogP contribution in [0.5, 0.6) is 0 Å². The van der Waals surface area contributed by atoms with Crippen molar-refractivity contribution in [2.45, 2.75) is 12.8 Å². The number of hydrogen-bond donors (Lipinski definition) is 1. The summed E-state index contributed by atoms with van der Waals surface area (Å²) < 4.78 is 0. The molecule has 2 heteroatoms. The summed E-state index contributed by atoms with van der Waals surface area (Å²) in [5.41, 5.74) is 1.87. The predicted molar refractivity (Wildman–Crippen MR) is 44.8 cm³/mol. The molecule has 0 atom stereocenters. The average Bonchev–Trinajstić information content (AvgIpc) is 2.04. The lowest BCUT2D eigenvalue weighted by Gasteiger charge is -2.15. The summed E-state index contributed by atoms with van der Waals surface area (Å²) in [4.78, 5) is 10.9. The van der Waals surface area contributed by atoms with Gasteiger partial charge in [0, 0.05) is 12.1 Å². The SMILES string of the molecule is C=CC1=C(C=C)NC(=O)CC1. The van der Waals surface area contributed by atoms with Gasteiger partial charge in [0.1, 0.15) is 0 Å². The van der Waals surface area contributed by atoms with Gasteiger partial charge in [-0.25, -0.2) is 0 Å². The van der Waals surface area contributed by atoms with Crippen molar-refractivity contribution < 1.29 is 4.79 Å². The van der Waals surface area contributed by atoms with Crippen molar-refractivity contribution in [2.24, 2.45) is 0 Å². The molecule has 0 saturated heterocycles. The van der Waals surface area contributed by atoms with Crippen molar-refractivity contribution in [3.05, 3.63) is 36.6 Å². The molecule has 0 spiro atoms. The van der Waals surface area contributed by atoms with E-state index < -0.39 is 0 Å². The molecule has 0 aromatic rings. The molecule has 0 aliphatic carbocycles. The van der Waals surface area contributed by atoms with Crippen molar-refractivity contribution >= 4 is 5.91 Å². The normalized spacial score (nSPS) is 17.6. The molecular formula is C9H11NO. The molecule has 2 nitrogen and oxygen atoms in total. The zero-order valence-corrected chi connectivity index (χ0v) is 6.39. The van der Waals surface area contributed by atoms with Crippen LogP contribution in [-0.4, -0.2) is 5.91 Å². The van der Waals surface area contributed by atoms with Gasteiger partial charge in [-0.15, -0.1) is 0 Å². The van der Waals surface area contributed by atoms with Crippen LogP contribution in [0.2, 0.25) is 0 Å². The zero-order chi connectivity index (χ0) is 8.27. The van der Waals surface area contributed by atoms with Crippen molar-refractivity contribution in [3.8, 4) is 0 Å². The maximum Gasteiger partial charge on any atom is 0.224 e. The Kier molecular flexibility index (Phi) is 2.26. The molecule has 1 heterocycles. The summed E-state index contributed by atoms with van der Waals surface area (Å²) in [5, 5.41) is 2.72. The van der Waals surface area contributed by atoms with Gasteiger partial charge in [0.05, 0.1) is 0 Å². The molecular weight excluding hydrogens is 138 g/mol. The third-order valence-electron chi connectivity index (χ3n) is 1.69. The average molecular weight is 149 g/mol. The molecule has 0 aromatic heterocycles. The van der Waals surface area contributed by atoms with E-state index in [2.05, 4.69) is 18.5 Å². The Morgan fingerprint density at radius 2 is 2.00 bits per heavy atom. The Bertz CT molecular complexity index is 238. The third-order valence-corrected chi connectivity index (χ3v) is 1.69. The van der Waals surface area contributed by atoms with E-state index in [0.717, 1.165) is 17.7 Å². The highest BCUT2D eigenvalue weighted by Gasteiger charge is 2.12. The number of rotatable bonds is 2. The number of carbonyl (C=O) groups is 1. The second-order valence-electron chi connectivity index (χ2n) is 2.40. The van der Waals surface area contributed by atoms with Gasteiger partial charge in [-0.3, -0.25) is 4.79 Å². The molecule has 1 aliphatic rings. The standard InChI is InChI=1S/C9H11NO/c1-3-7-5-6-9(11)10-8(7)4-2/h3-4H,1-2,5-6H2,(H,10,11). The van der Waals surface area contributed by atoms with Gasteiger partial charge < -0.3 is 5.32 Å². The number of hydrogen-bond acceptors (Lipinski definition) is 1. The topological polar surface area (TPSA) is 29.1 Å². The second kappa shape index (κ2) is 3.19. The fourth-order valence-electron chi connectivity index (χ4n) is 1.07. The Balaban J connectivity index is 2.91. The van der Waals surface area contributed by atoms with Crippen LogP contribution in [-0.2, 0) is 4.79 Å². The van der Waals surface area contributed by atoms with Crippen LogP contribution >= 0.6 is 0 Å². The lowest BCUT2D eigenvalue weighted by molar-refractivity contribution is -0.120. The van der Waals surface area contributed by atoms with Crippen molar-refractivity contribution in [1.82, 2.24) is 5.32 Å². The smallest absolute Gasteiger partial charge is 0.224 e. The van der Waals surface area contributed by atoms with E-state index in [-0.39, 0.29) is 5.91 Å². The number of allylic oxidation sites excluding steroid dienone is 3. The van der Waals surface area contributed by atoms with Crippen LogP contribution in [0, 0.1) is 0 Å². The Hall–Kier alpha value is -1.31. The van der Waals surface area contributed by atoms with Gasteiger partial charge in [-0.1, -0.05) is 19.2 Å². The molecule has 0 saturated carbocycles. The summed E-state index contributed by atoms with van der Waals surface area (Å²) in [7, 11) is 0. The Labute approximate surface area is 66.3 Å².